The van der Waals surface area contributed by atoms with Crippen molar-refractivity contribution < 1.29 is 4.79 Å². The van der Waals surface area contributed by atoms with Gasteiger partial charge in [-0.2, -0.15) is 5.10 Å². The molecule has 1 aliphatic carbocycles. The zero-order chi connectivity index (χ0) is 10.3. The van der Waals surface area contributed by atoms with Gasteiger partial charge in [0.25, 0.3) is 5.91 Å². The summed E-state index contributed by atoms with van der Waals surface area (Å²) in [5.41, 5.74) is 1.76. The van der Waals surface area contributed by atoms with E-state index in [1.807, 2.05) is 10.9 Å². The largest absolute Gasteiger partial charge is 0.352 e. The molecule has 0 radical (unpaired) electrons. The summed E-state index contributed by atoms with van der Waals surface area (Å²) in [5.74, 6) is 0.848. The number of hydrogen-bond donors (Lipinski definition) is 1. The van der Waals surface area contributed by atoms with Gasteiger partial charge in [-0.15, -0.1) is 0 Å². The molecule has 2 aliphatic rings. The van der Waals surface area contributed by atoms with Crippen molar-refractivity contribution in [2.24, 2.45) is 5.92 Å². The molecule has 0 unspecified atom stereocenters. The zero-order valence-corrected chi connectivity index (χ0v) is 8.70. The van der Waals surface area contributed by atoms with Crippen molar-refractivity contribution in [1.82, 2.24) is 15.1 Å². The number of carbonyl (C=O) groups excluding carboxylic acids is 1. The van der Waals surface area contributed by atoms with E-state index in [-0.39, 0.29) is 5.91 Å². The van der Waals surface area contributed by atoms with E-state index in [0.717, 1.165) is 43.1 Å². The Balaban J connectivity index is 1.87. The number of nitrogens with one attached hydrogen (secondary N) is 1. The fraction of sp³-hybridized carbons (Fsp3) is 0.636. The van der Waals surface area contributed by atoms with Crippen LogP contribution in [-0.4, -0.2) is 22.2 Å². The lowest BCUT2D eigenvalue weighted by atomic mass is 10.2. The Hall–Kier alpha value is -1.32. The van der Waals surface area contributed by atoms with Gasteiger partial charge in [0.05, 0.1) is 11.3 Å². The van der Waals surface area contributed by atoms with Gasteiger partial charge in [-0.05, 0) is 31.6 Å². The minimum Gasteiger partial charge on any atom is -0.352 e. The molecule has 1 aliphatic heterocycles. The van der Waals surface area contributed by atoms with E-state index in [4.69, 9.17) is 0 Å². The van der Waals surface area contributed by atoms with E-state index in [0.29, 0.717) is 0 Å². The highest BCUT2D eigenvalue weighted by Crippen LogP contribution is 2.30. The Morgan fingerprint density at radius 2 is 2.40 bits per heavy atom. The van der Waals surface area contributed by atoms with Gasteiger partial charge in [-0.25, -0.2) is 0 Å². The topological polar surface area (TPSA) is 46.9 Å². The number of nitrogens with zero attached hydrogens (tertiary/aromatic N) is 2. The Labute approximate surface area is 88.7 Å². The number of rotatable bonds is 2. The number of aromatic nitrogens is 2. The molecule has 3 rings (SSSR count). The number of amides is 1. The van der Waals surface area contributed by atoms with E-state index >= 15 is 0 Å². The highest BCUT2D eigenvalue weighted by atomic mass is 16.1. The SMILES string of the molecule is O=C1NCCCc2nn(CC3CC3)cc21. The van der Waals surface area contributed by atoms with Crippen LogP contribution in [0.15, 0.2) is 6.20 Å². The average Bonchev–Trinajstić information content (AvgIpc) is 2.95. The van der Waals surface area contributed by atoms with Crippen LogP contribution in [0, 0.1) is 5.92 Å². The van der Waals surface area contributed by atoms with Crippen LogP contribution in [0.4, 0.5) is 0 Å². The van der Waals surface area contributed by atoms with Gasteiger partial charge < -0.3 is 5.32 Å². The van der Waals surface area contributed by atoms with E-state index < -0.39 is 0 Å². The molecule has 4 heteroatoms. The summed E-state index contributed by atoms with van der Waals surface area (Å²) in [6.45, 7) is 1.76. The first-order valence-corrected chi connectivity index (χ1v) is 5.67. The van der Waals surface area contributed by atoms with Crippen LogP contribution in [0.5, 0.6) is 0 Å². The van der Waals surface area contributed by atoms with E-state index in [2.05, 4.69) is 10.4 Å². The smallest absolute Gasteiger partial charge is 0.254 e. The van der Waals surface area contributed by atoms with Crippen molar-refractivity contribution in [3.8, 4) is 0 Å². The molecule has 0 atom stereocenters. The predicted octanol–water partition coefficient (Wildman–Crippen LogP) is 0.969. The van der Waals surface area contributed by atoms with Gasteiger partial charge >= 0.3 is 0 Å². The van der Waals surface area contributed by atoms with E-state index in [1.54, 1.807) is 0 Å². The van der Waals surface area contributed by atoms with Crippen molar-refractivity contribution in [3.63, 3.8) is 0 Å². The molecule has 0 spiro atoms. The fourth-order valence-corrected chi connectivity index (χ4v) is 2.05. The molecular weight excluding hydrogens is 190 g/mol. The van der Waals surface area contributed by atoms with Crippen LogP contribution in [0.3, 0.4) is 0 Å². The summed E-state index contributed by atoms with van der Waals surface area (Å²) in [5, 5.41) is 7.39. The van der Waals surface area contributed by atoms with Crippen molar-refractivity contribution in [1.29, 1.82) is 0 Å². The van der Waals surface area contributed by atoms with Gasteiger partial charge in [0.1, 0.15) is 0 Å². The van der Waals surface area contributed by atoms with Crippen LogP contribution in [-0.2, 0) is 13.0 Å². The third-order valence-electron chi connectivity index (χ3n) is 3.10. The summed E-state index contributed by atoms with van der Waals surface area (Å²) in [7, 11) is 0. The summed E-state index contributed by atoms with van der Waals surface area (Å²) < 4.78 is 1.95. The summed E-state index contributed by atoms with van der Waals surface area (Å²) in [6, 6.07) is 0. The molecule has 1 aromatic rings. The maximum Gasteiger partial charge on any atom is 0.254 e. The van der Waals surface area contributed by atoms with Crippen LogP contribution in [0.2, 0.25) is 0 Å². The second-order valence-electron chi connectivity index (χ2n) is 4.51. The maximum atomic E-state index is 11.7. The maximum absolute atomic E-state index is 11.7. The Kier molecular flexibility index (Phi) is 2.01. The number of aryl methyl sites for hydroxylation is 1. The monoisotopic (exact) mass is 205 g/mol. The third kappa shape index (κ3) is 1.76. The van der Waals surface area contributed by atoms with Crippen molar-refractivity contribution in [2.75, 3.05) is 6.54 Å². The molecule has 2 heterocycles. The highest BCUT2D eigenvalue weighted by Gasteiger charge is 2.24. The summed E-state index contributed by atoms with van der Waals surface area (Å²) in [6.07, 6.45) is 6.46. The molecule has 1 aromatic heterocycles. The molecule has 0 bridgehead atoms. The number of fused-ring (bicyclic) bond motifs is 1. The normalized spacial score (nSPS) is 20.7. The first-order chi connectivity index (χ1) is 7.33. The minimum atomic E-state index is 0.0459. The molecule has 1 fully saturated rings. The van der Waals surface area contributed by atoms with Crippen molar-refractivity contribution in [3.05, 3.63) is 17.5 Å². The molecule has 80 valence electrons. The van der Waals surface area contributed by atoms with Gasteiger partial charge in [-0.1, -0.05) is 0 Å². The van der Waals surface area contributed by atoms with Crippen LogP contribution in [0.25, 0.3) is 0 Å². The van der Waals surface area contributed by atoms with E-state index in [1.165, 1.54) is 12.8 Å². The molecule has 1 saturated carbocycles. The first-order valence-electron chi connectivity index (χ1n) is 5.67. The Morgan fingerprint density at radius 3 is 3.20 bits per heavy atom. The molecule has 1 N–H and O–H groups in total. The first kappa shape index (κ1) is 8.95. The molecule has 0 saturated heterocycles. The number of carbonyl (C=O) groups is 1. The summed E-state index contributed by atoms with van der Waals surface area (Å²) in [4.78, 5) is 11.7. The van der Waals surface area contributed by atoms with Gasteiger partial charge in [0.2, 0.25) is 0 Å². The lowest BCUT2D eigenvalue weighted by Gasteiger charge is -1.99. The fourth-order valence-electron chi connectivity index (χ4n) is 2.05. The lowest BCUT2D eigenvalue weighted by molar-refractivity contribution is 0.0956. The molecule has 0 aromatic carbocycles. The van der Waals surface area contributed by atoms with Gasteiger partial charge in [0.15, 0.2) is 0 Å². The predicted molar refractivity (Wildman–Crippen MR) is 55.6 cm³/mol. The van der Waals surface area contributed by atoms with Gasteiger partial charge in [0, 0.05) is 19.3 Å². The Bertz CT molecular complexity index is 393. The van der Waals surface area contributed by atoms with Crippen LogP contribution >= 0.6 is 0 Å². The quantitative estimate of drug-likeness (QED) is 0.782. The highest BCUT2D eigenvalue weighted by molar-refractivity contribution is 5.95. The lowest BCUT2D eigenvalue weighted by Crippen LogP contribution is -2.22. The minimum absolute atomic E-state index is 0.0459. The van der Waals surface area contributed by atoms with Crippen LogP contribution < -0.4 is 5.32 Å². The zero-order valence-electron chi connectivity index (χ0n) is 8.70. The summed E-state index contributed by atoms with van der Waals surface area (Å²) >= 11 is 0. The second-order valence-corrected chi connectivity index (χ2v) is 4.51. The Morgan fingerprint density at radius 1 is 1.53 bits per heavy atom. The standard InChI is InChI=1S/C11H15N3O/c15-11-9-7-14(6-8-3-4-8)13-10(9)2-1-5-12-11/h7-8H,1-6H2,(H,12,15). The van der Waals surface area contributed by atoms with E-state index in [9.17, 15) is 4.79 Å². The molecule has 1 amide bonds. The van der Waals surface area contributed by atoms with Crippen molar-refractivity contribution in [2.45, 2.75) is 32.2 Å². The molecular formula is C11H15N3O. The third-order valence-corrected chi connectivity index (χ3v) is 3.10. The van der Waals surface area contributed by atoms with Crippen LogP contribution in [0.1, 0.15) is 35.3 Å². The van der Waals surface area contributed by atoms with Gasteiger partial charge in [-0.3, -0.25) is 9.48 Å². The number of hydrogen-bond acceptors (Lipinski definition) is 2. The second kappa shape index (κ2) is 3.36. The molecule has 4 nitrogen and oxygen atoms in total. The van der Waals surface area contributed by atoms with Crippen molar-refractivity contribution >= 4 is 5.91 Å². The molecule has 15 heavy (non-hydrogen) atoms. The average molecular weight is 205 g/mol.